The van der Waals surface area contributed by atoms with E-state index in [1.165, 1.54) is 12.1 Å². The number of likely N-dealkylation sites (N-methyl/N-ethyl adjacent to an activating group) is 1. The van der Waals surface area contributed by atoms with Crippen LogP contribution in [0.15, 0.2) is 67.5 Å². The number of hydrogen-bond acceptors (Lipinski definition) is 5. The Morgan fingerprint density at radius 1 is 1.26 bits per heavy atom. The van der Waals surface area contributed by atoms with Gasteiger partial charge >= 0.3 is 6.61 Å². The Hall–Kier alpha value is -3.33. The largest absolute Gasteiger partial charge is 0.355 e. The third-order valence-electron chi connectivity index (χ3n) is 4.31. The Labute approximate surface area is 200 Å². The highest BCUT2D eigenvalue weighted by Gasteiger charge is 2.15. The Morgan fingerprint density at radius 3 is 2.29 bits per heavy atom. The molecule has 0 fully saturated rings. The van der Waals surface area contributed by atoms with Crippen molar-refractivity contribution in [3.63, 3.8) is 0 Å². The maximum Gasteiger partial charge on any atom is 0.342 e. The third-order valence-corrected chi connectivity index (χ3v) is 4.31. The van der Waals surface area contributed by atoms with Gasteiger partial charge in [0.25, 0.3) is 0 Å². The second-order valence-corrected chi connectivity index (χ2v) is 7.51. The molecule has 6 nitrogen and oxygen atoms in total. The van der Waals surface area contributed by atoms with Crippen LogP contribution in [0.4, 0.5) is 24.7 Å². The molecule has 1 aromatic carbocycles. The molecule has 0 aliphatic carbocycles. The van der Waals surface area contributed by atoms with Gasteiger partial charge in [0.15, 0.2) is 5.82 Å². The number of benzene rings is 1. The van der Waals surface area contributed by atoms with Gasteiger partial charge in [0.05, 0.1) is 18.3 Å². The molecule has 0 saturated heterocycles. The maximum atomic E-state index is 12.5. The second kappa shape index (κ2) is 17.2. The van der Waals surface area contributed by atoms with Crippen LogP contribution in [-0.4, -0.2) is 36.7 Å². The number of fused-ring (bicyclic) bond motifs is 1. The highest BCUT2D eigenvalue weighted by atomic mass is 19.3. The van der Waals surface area contributed by atoms with Crippen LogP contribution in [-0.2, 0) is 4.79 Å². The zero-order valence-corrected chi connectivity index (χ0v) is 20.1. The molecule has 0 spiro atoms. The number of aliphatic hydroxyl groups is 1. The average molecular weight is 481 g/mol. The van der Waals surface area contributed by atoms with Gasteiger partial charge < -0.3 is 20.6 Å². The van der Waals surface area contributed by atoms with E-state index in [0.717, 1.165) is 35.7 Å². The van der Waals surface area contributed by atoms with Crippen LogP contribution in [0.1, 0.15) is 38.8 Å². The van der Waals surface area contributed by atoms with E-state index in [-0.39, 0.29) is 11.9 Å². The first-order valence-electron chi connectivity index (χ1n) is 10.7. The van der Waals surface area contributed by atoms with Crippen molar-refractivity contribution >= 4 is 17.9 Å². The van der Waals surface area contributed by atoms with Crippen LogP contribution in [0.2, 0.25) is 0 Å². The molecular formula is C25H35F3N4O2. The first-order chi connectivity index (χ1) is 16.0. The van der Waals surface area contributed by atoms with E-state index in [2.05, 4.69) is 47.5 Å². The molecule has 1 aliphatic rings. The summed E-state index contributed by atoms with van der Waals surface area (Å²) in [4.78, 5) is 16.6. The van der Waals surface area contributed by atoms with Crippen LogP contribution < -0.4 is 15.5 Å². The summed E-state index contributed by atoms with van der Waals surface area (Å²) in [6.45, 7) is 11.3. The van der Waals surface area contributed by atoms with E-state index in [9.17, 15) is 18.0 Å². The van der Waals surface area contributed by atoms with Crippen molar-refractivity contribution in [3.8, 4) is 0 Å². The molecule has 2 heterocycles. The number of anilines is 2. The van der Waals surface area contributed by atoms with Gasteiger partial charge in [-0.3, -0.25) is 4.79 Å². The highest BCUT2D eigenvalue weighted by molar-refractivity contribution is 5.70. The minimum Gasteiger partial charge on any atom is -0.355 e. The van der Waals surface area contributed by atoms with Crippen molar-refractivity contribution in [1.29, 1.82) is 0 Å². The van der Waals surface area contributed by atoms with Gasteiger partial charge in [-0.1, -0.05) is 45.6 Å². The summed E-state index contributed by atoms with van der Waals surface area (Å²) in [7, 11) is 2.01. The molecule has 1 aromatic heterocycles. The molecule has 3 rings (SSSR count). The van der Waals surface area contributed by atoms with Gasteiger partial charge in [0.2, 0.25) is 6.41 Å². The summed E-state index contributed by atoms with van der Waals surface area (Å²) in [5.41, 5.74) is 2.98. The van der Waals surface area contributed by atoms with Crippen molar-refractivity contribution in [3.05, 3.63) is 78.9 Å². The minimum absolute atomic E-state index is 0.0156. The van der Waals surface area contributed by atoms with Crippen LogP contribution >= 0.6 is 0 Å². The summed E-state index contributed by atoms with van der Waals surface area (Å²) in [5, 5.41) is 12.6. The lowest BCUT2D eigenvalue weighted by Gasteiger charge is -2.28. The standard InChI is InChI=1S/C10H12FNO.C9H11N3.C5H10.CH2F2O/c1-2-10(12-7-13)8-3-5-9(11)6-4-8;1-7-6-12(2)9-8(11-7)4-3-5-10-9;1-4-5(2)3;2-1(3)4/h3-7,10H,2H2,1H3,(H,12,13);3-5,11H,1,6H2,2H3;4-5H,1H2,2-3H3;1,4H. The van der Waals surface area contributed by atoms with Gasteiger partial charge in [-0.2, -0.15) is 8.78 Å². The number of amides is 1. The fourth-order valence-electron chi connectivity index (χ4n) is 2.62. The summed E-state index contributed by atoms with van der Waals surface area (Å²) in [6.07, 6.45) is 5.17. The molecule has 0 radical (unpaired) electrons. The van der Waals surface area contributed by atoms with E-state index in [0.29, 0.717) is 12.3 Å². The number of aliphatic hydroxyl groups excluding tert-OH is 1. The lowest BCUT2D eigenvalue weighted by molar-refractivity contribution is -0.110. The van der Waals surface area contributed by atoms with E-state index in [1.807, 2.05) is 32.2 Å². The number of hydrogen-bond donors (Lipinski definition) is 3. The number of allylic oxidation sites excluding steroid dienone is 1. The Morgan fingerprint density at radius 2 is 1.82 bits per heavy atom. The Kier molecular flexibility index (Phi) is 15.5. The molecule has 1 atom stereocenters. The van der Waals surface area contributed by atoms with E-state index in [4.69, 9.17) is 5.11 Å². The zero-order chi connectivity index (χ0) is 26.1. The zero-order valence-electron chi connectivity index (χ0n) is 20.1. The number of rotatable bonds is 5. The van der Waals surface area contributed by atoms with Gasteiger partial charge in [0.1, 0.15) is 5.82 Å². The summed E-state index contributed by atoms with van der Waals surface area (Å²) in [5.74, 6) is 1.38. The van der Waals surface area contributed by atoms with Crippen molar-refractivity contribution in [2.45, 2.75) is 39.8 Å². The number of halogens is 3. The highest BCUT2D eigenvalue weighted by Crippen LogP contribution is 2.27. The van der Waals surface area contributed by atoms with Crippen LogP contribution in [0, 0.1) is 11.7 Å². The average Bonchev–Trinajstić information content (AvgIpc) is 2.78. The molecule has 1 amide bonds. The molecule has 2 aromatic rings. The topological polar surface area (TPSA) is 77.5 Å². The van der Waals surface area contributed by atoms with E-state index < -0.39 is 6.61 Å². The third kappa shape index (κ3) is 13.3. The summed E-state index contributed by atoms with van der Waals surface area (Å²) in [6, 6.07) is 10.1. The molecule has 1 aliphatic heterocycles. The monoisotopic (exact) mass is 480 g/mol. The van der Waals surface area contributed by atoms with E-state index in [1.54, 1.807) is 18.3 Å². The molecule has 188 valence electrons. The molecule has 34 heavy (non-hydrogen) atoms. The predicted octanol–water partition coefficient (Wildman–Crippen LogP) is 5.51. The maximum absolute atomic E-state index is 12.5. The number of carbonyl (C=O) groups excluding carboxylic acids is 1. The summed E-state index contributed by atoms with van der Waals surface area (Å²) < 4.78 is 32.3. The Balaban J connectivity index is 0.000000478. The van der Waals surface area contributed by atoms with Crippen molar-refractivity contribution in [2.24, 2.45) is 5.92 Å². The first-order valence-corrected chi connectivity index (χ1v) is 10.7. The summed E-state index contributed by atoms with van der Waals surface area (Å²) >= 11 is 0. The quantitative estimate of drug-likeness (QED) is 0.389. The molecule has 3 N–H and O–H groups in total. The number of alkyl halides is 2. The number of nitrogens with one attached hydrogen (secondary N) is 2. The van der Waals surface area contributed by atoms with Gasteiger partial charge in [-0.25, -0.2) is 9.37 Å². The fraction of sp³-hybridized carbons (Fsp3) is 0.360. The van der Waals surface area contributed by atoms with Crippen molar-refractivity contribution in [2.75, 3.05) is 23.8 Å². The molecule has 9 heteroatoms. The molecule has 1 unspecified atom stereocenters. The minimum atomic E-state index is -3.17. The normalized spacial score (nSPS) is 12.4. The molecule has 0 saturated carbocycles. The van der Waals surface area contributed by atoms with Crippen LogP contribution in [0.3, 0.4) is 0 Å². The predicted molar refractivity (Wildman–Crippen MR) is 132 cm³/mol. The second-order valence-electron chi connectivity index (χ2n) is 7.51. The Bertz CT molecular complexity index is 859. The van der Waals surface area contributed by atoms with Gasteiger partial charge in [-0.05, 0) is 42.2 Å². The SMILES string of the molecule is C=C1CN(C)c2ncccc2N1.C=CC(C)C.CCC(NC=O)c1ccc(F)cc1.OC(F)F. The van der Waals surface area contributed by atoms with Crippen molar-refractivity contribution in [1.82, 2.24) is 10.3 Å². The van der Waals surface area contributed by atoms with Gasteiger partial charge in [0, 0.05) is 18.9 Å². The lowest BCUT2D eigenvalue weighted by atomic mass is 10.1. The number of nitrogens with zero attached hydrogens (tertiary/aromatic N) is 2. The molecule has 0 bridgehead atoms. The van der Waals surface area contributed by atoms with Crippen LogP contribution in [0.5, 0.6) is 0 Å². The molecular weight excluding hydrogens is 445 g/mol. The number of carbonyl (C=O) groups is 1. The fourth-order valence-corrected chi connectivity index (χ4v) is 2.62. The number of pyridine rings is 1. The van der Waals surface area contributed by atoms with Crippen molar-refractivity contribution < 1.29 is 23.1 Å². The smallest absolute Gasteiger partial charge is 0.342 e. The first kappa shape index (κ1) is 30.7. The number of aromatic nitrogens is 1. The van der Waals surface area contributed by atoms with Crippen LogP contribution in [0.25, 0.3) is 0 Å². The van der Waals surface area contributed by atoms with E-state index >= 15 is 0 Å². The van der Waals surface area contributed by atoms with Gasteiger partial charge in [-0.15, -0.1) is 6.58 Å². The lowest BCUT2D eigenvalue weighted by Crippen LogP contribution is -2.29.